The van der Waals surface area contributed by atoms with Crippen LogP contribution in [0.2, 0.25) is 0 Å². The first kappa shape index (κ1) is 13.8. The third-order valence-electron chi connectivity index (χ3n) is 2.95. The maximum atomic E-state index is 11.6. The lowest BCUT2D eigenvalue weighted by Crippen LogP contribution is -2.22. The molecule has 1 fully saturated rings. The number of hydrogen-bond donors (Lipinski definition) is 1. The van der Waals surface area contributed by atoms with Crippen LogP contribution >= 0.6 is 0 Å². The van der Waals surface area contributed by atoms with Gasteiger partial charge in [0, 0.05) is 5.57 Å². The summed E-state index contributed by atoms with van der Waals surface area (Å²) in [5, 5.41) is 0. The number of carbonyl (C=O) groups excluding carboxylic acids is 1. The Morgan fingerprint density at radius 2 is 2.11 bits per heavy atom. The maximum absolute atomic E-state index is 11.6. The van der Waals surface area contributed by atoms with E-state index in [9.17, 15) is 4.79 Å². The van der Waals surface area contributed by atoms with Gasteiger partial charge in [-0.25, -0.2) is 4.79 Å². The van der Waals surface area contributed by atoms with Crippen LogP contribution in [0.25, 0.3) is 0 Å². The monoisotopic (exact) mass is 261 g/mol. The molecule has 0 amide bonds. The molecule has 1 aliphatic rings. The van der Waals surface area contributed by atoms with Gasteiger partial charge in [0.05, 0.1) is 20.3 Å². The first-order chi connectivity index (χ1) is 9.29. The molecule has 1 N–H and O–H groups in total. The molecule has 0 bridgehead atoms. The molecule has 2 rings (SSSR count). The van der Waals surface area contributed by atoms with Crippen molar-refractivity contribution < 1.29 is 14.4 Å². The number of rotatable bonds is 7. The van der Waals surface area contributed by atoms with Crippen LogP contribution in [0.1, 0.15) is 18.4 Å². The molecule has 4 nitrogen and oxygen atoms in total. The quantitative estimate of drug-likeness (QED) is 0.354. The Morgan fingerprint density at radius 3 is 2.74 bits per heavy atom. The van der Waals surface area contributed by atoms with Gasteiger partial charge in [-0.3, -0.25) is 4.84 Å². The fraction of sp³-hybridized carbons (Fsp3) is 0.400. The highest BCUT2D eigenvalue weighted by Crippen LogP contribution is 2.31. The number of nitrogens with one attached hydrogen (secondary N) is 1. The Balaban J connectivity index is 1.75. The summed E-state index contributed by atoms with van der Waals surface area (Å²) in [4.78, 5) is 16.9. The summed E-state index contributed by atoms with van der Waals surface area (Å²) in [5.41, 5.74) is 4.53. The number of methoxy groups -OCH3 is 1. The largest absolute Gasteiger partial charge is 0.466 e. The number of hydrogen-bond acceptors (Lipinski definition) is 4. The van der Waals surface area contributed by atoms with E-state index in [2.05, 4.69) is 5.48 Å². The molecule has 4 heteroatoms. The zero-order valence-electron chi connectivity index (χ0n) is 11.1. The highest BCUT2D eigenvalue weighted by molar-refractivity contribution is 5.88. The van der Waals surface area contributed by atoms with Crippen LogP contribution in [-0.2, 0) is 21.0 Å². The normalized spacial score (nSPS) is 15.3. The van der Waals surface area contributed by atoms with Gasteiger partial charge in [0.1, 0.15) is 0 Å². The van der Waals surface area contributed by atoms with Gasteiger partial charge < -0.3 is 4.74 Å². The minimum absolute atomic E-state index is 0.289. The van der Waals surface area contributed by atoms with E-state index >= 15 is 0 Å². The standard InChI is InChI=1S/C15H19NO3/c1-18-15(17)14(9-12-7-8-12)10-16-19-11-13-5-3-2-4-6-13/h2-6,9,12,16H,7-8,10-11H2,1H3/b14-9+. The second-order valence-corrected chi connectivity index (χ2v) is 4.62. The van der Waals surface area contributed by atoms with E-state index in [-0.39, 0.29) is 5.97 Å². The highest BCUT2D eigenvalue weighted by Gasteiger charge is 2.21. The average Bonchev–Trinajstić information content (AvgIpc) is 3.26. The number of carbonyl (C=O) groups is 1. The third-order valence-corrected chi connectivity index (χ3v) is 2.95. The van der Waals surface area contributed by atoms with Gasteiger partial charge in [-0.05, 0) is 24.3 Å². The maximum Gasteiger partial charge on any atom is 0.334 e. The van der Waals surface area contributed by atoms with Crippen molar-refractivity contribution in [2.45, 2.75) is 19.4 Å². The Bertz CT molecular complexity index is 438. The lowest BCUT2D eigenvalue weighted by molar-refractivity contribution is -0.136. The molecule has 1 aliphatic carbocycles. The van der Waals surface area contributed by atoms with Gasteiger partial charge in [-0.2, -0.15) is 5.48 Å². The number of benzene rings is 1. The summed E-state index contributed by atoms with van der Waals surface area (Å²) < 4.78 is 4.75. The van der Waals surface area contributed by atoms with E-state index in [0.29, 0.717) is 24.6 Å². The van der Waals surface area contributed by atoms with Crippen molar-refractivity contribution in [3.8, 4) is 0 Å². The number of hydroxylamine groups is 1. The average molecular weight is 261 g/mol. The first-order valence-corrected chi connectivity index (χ1v) is 6.47. The smallest absolute Gasteiger partial charge is 0.334 e. The van der Waals surface area contributed by atoms with Crippen LogP contribution < -0.4 is 5.48 Å². The summed E-state index contributed by atoms with van der Waals surface area (Å²) in [6.45, 7) is 0.842. The van der Waals surface area contributed by atoms with E-state index in [1.807, 2.05) is 36.4 Å². The van der Waals surface area contributed by atoms with E-state index < -0.39 is 0 Å². The molecule has 1 saturated carbocycles. The van der Waals surface area contributed by atoms with Gasteiger partial charge in [0.2, 0.25) is 0 Å². The molecule has 0 heterocycles. The molecule has 1 aromatic rings. The predicted molar refractivity (Wildman–Crippen MR) is 72.1 cm³/mol. The van der Waals surface area contributed by atoms with Crippen LogP contribution in [0.5, 0.6) is 0 Å². The van der Waals surface area contributed by atoms with Crippen LogP contribution in [0.3, 0.4) is 0 Å². The number of allylic oxidation sites excluding steroid dienone is 1. The second kappa shape index (κ2) is 7.07. The number of esters is 1. The van der Waals surface area contributed by atoms with Gasteiger partial charge in [0.15, 0.2) is 0 Å². The van der Waals surface area contributed by atoms with E-state index in [1.165, 1.54) is 7.11 Å². The van der Waals surface area contributed by atoms with Crippen LogP contribution in [0.4, 0.5) is 0 Å². The molecule has 0 unspecified atom stereocenters. The van der Waals surface area contributed by atoms with Crippen molar-refractivity contribution in [3.05, 3.63) is 47.5 Å². The molecular weight excluding hydrogens is 242 g/mol. The van der Waals surface area contributed by atoms with Crippen molar-refractivity contribution in [2.75, 3.05) is 13.7 Å². The fourth-order valence-electron chi connectivity index (χ4n) is 1.72. The molecule has 1 aromatic carbocycles. The van der Waals surface area contributed by atoms with E-state index in [1.54, 1.807) is 0 Å². The predicted octanol–water partition coefficient (Wildman–Crippen LogP) is 2.22. The zero-order valence-corrected chi connectivity index (χ0v) is 11.1. The van der Waals surface area contributed by atoms with Crippen molar-refractivity contribution in [1.29, 1.82) is 0 Å². The molecule has 19 heavy (non-hydrogen) atoms. The van der Waals surface area contributed by atoms with Crippen molar-refractivity contribution in [3.63, 3.8) is 0 Å². The fourth-order valence-corrected chi connectivity index (χ4v) is 1.72. The topological polar surface area (TPSA) is 47.6 Å². The van der Waals surface area contributed by atoms with Crippen LogP contribution in [-0.4, -0.2) is 19.6 Å². The molecule has 0 atom stereocenters. The minimum Gasteiger partial charge on any atom is -0.466 e. The molecule has 0 saturated heterocycles. The van der Waals surface area contributed by atoms with Crippen molar-refractivity contribution in [2.24, 2.45) is 5.92 Å². The lowest BCUT2D eigenvalue weighted by atomic mass is 10.2. The van der Waals surface area contributed by atoms with Gasteiger partial charge in [0.25, 0.3) is 0 Å². The Labute approximate surface area is 113 Å². The molecule has 0 aliphatic heterocycles. The van der Waals surface area contributed by atoms with Crippen LogP contribution in [0.15, 0.2) is 42.0 Å². The molecular formula is C15H19NO3. The Hall–Kier alpha value is -1.65. The minimum atomic E-state index is -0.289. The van der Waals surface area contributed by atoms with Gasteiger partial charge in [-0.1, -0.05) is 36.4 Å². The molecule has 0 spiro atoms. The summed E-state index contributed by atoms with van der Waals surface area (Å²) in [6, 6.07) is 9.87. The van der Waals surface area contributed by atoms with Crippen LogP contribution in [0, 0.1) is 5.92 Å². The summed E-state index contributed by atoms with van der Waals surface area (Å²) in [5.74, 6) is 0.243. The van der Waals surface area contributed by atoms with Crippen molar-refractivity contribution in [1.82, 2.24) is 5.48 Å². The Morgan fingerprint density at radius 1 is 1.37 bits per heavy atom. The second-order valence-electron chi connectivity index (χ2n) is 4.62. The molecule has 0 aromatic heterocycles. The molecule has 0 radical (unpaired) electrons. The van der Waals surface area contributed by atoms with Gasteiger partial charge in [-0.15, -0.1) is 0 Å². The van der Waals surface area contributed by atoms with Crippen molar-refractivity contribution >= 4 is 5.97 Å². The Kier molecular flexibility index (Phi) is 5.12. The van der Waals surface area contributed by atoms with E-state index in [0.717, 1.165) is 18.4 Å². The summed E-state index contributed by atoms with van der Waals surface area (Å²) >= 11 is 0. The highest BCUT2D eigenvalue weighted by atomic mass is 16.6. The third kappa shape index (κ3) is 4.85. The van der Waals surface area contributed by atoms with E-state index in [4.69, 9.17) is 9.57 Å². The summed E-state index contributed by atoms with van der Waals surface area (Å²) in [7, 11) is 1.40. The first-order valence-electron chi connectivity index (χ1n) is 6.47. The lowest BCUT2D eigenvalue weighted by Gasteiger charge is -2.08. The zero-order chi connectivity index (χ0) is 13.5. The summed E-state index contributed by atoms with van der Waals surface area (Å²) in [6.07, 6.45) is 4.29. The SMILES string of the molecule is COC(=O)/C(=C/C1CC1)CNOCc1ccccc1. The molecule has 102 valence electrons. The van der Waals surface area contributed by atoms with Gasteiger partial charge >= 0.3 is 5.97 Å². The number of ether oxygens (including phenoxy) is 1.